The summed E-state index contributed by atoms with van der Waals surface area (Å²) in [5.74, 6) is -2.66. The third-order valence-corrected chi connectivity index (χ3v) is 12.6. The molecule has 0 bridgehead atoms. The average molecular weight is 729 g/mol. The maximum atomic E-state index is 14.5. The lowest BCUT2D eigenvalue weighted by Gasteiger charge is -2.64. The monoisotopic (exact) mass is 728 g/mol. The average Bonchev–Trinajstić information content (AvgIpc) is 3.26. The summed E-state index contributed by atoms with van der Waals surface area (Å²) in [5.41, 5.74) is -2.29. The van der Waals surface area contributed by atoms with Crippen molar-refractivity contribution in [2.24, 2.45) is 34.0 Å². The predicted octanol–water partition coefficient (Wildman–Crippen LogP) is 3.16. The number of aliphatic hydroxyl groups excluding tert-OH is 1. The van der Waals surface area contributed by atoms with Gasteiger partial charge in [0.25, 0.3) is 10.2 Å². The lowest BCUT2D eigenvalue weighted by Crippen LogP contribution is -2.67. The van der Waals surface area contributed by atoms with Gasteiger partial charge in [0.1, 0.15) is 19.0 Å². The first kappa shape index (κ1) is 39.3. The van der Waals surface area contributed by atoms with Crippen LogP contribution in [0.25, 0.3) is 0 Å². The summed E-state index contributed by atoms with van der Waals surface area (Å²) < 4.78 is 15.7. The van der Waals surface area contributed by atoms with Crippen molar-refractivity contribution in [2.75, 3.05) is 46.2 Å². The molecule has 0 heterocycles. The third kappa shape index (κ3) is 7.44. The van der Waals surface area contributed by atoms with E-state index in [0.29, 0.717) is 19.3 Å². The highest BCUT2D eigenvalue weighted by atomic mass is 35.5. The van der Waals surface area contributed by atoms with E-state index in [4.69, 9.17) is 25.8 Å². The van der Waals surface area contributed by atoms with Gasteiger partial charge in [0, 0.05) is 23.7 Å². The van der Waals surface area contributed by atoms with E-state index in [1.54, 1.807) is 12.2 Å². The summed E-state index contributed by atoms with van der Waals surface area (Å²) in [6, 6.07) is 0. The van der Waals surface area contributed by atoms with Crippen LogP contribution in [0.2, 0.25) is 0 Å². The SMILES string of the molecule is C[C@H]1CC2C3CCC4=CC(=O)C=C[C@]4(C)[C@@]3(Cl)[C@@H](O)C[C@]2(C)[C@@]1(CC(=O)CCCO[N+](=O)[O-])C(=O)COC(=O)COCCOCCO[N+](=O)[O-]. The molecular formula is C33H45ClN2O14. The number of esters is 1. The van der Waals surface area contributed by atoms with Crippen LogP contribution in [0.15, 0.2) is 23.8 Å². The lowest BCUT2D eigenvalue weighted by atomic mass is 9.43. The van der Waals surface area contributed by atoms with Crippen molar-refractivity contribution in [1.82, 2.24) is 0 Å². The number of alkyl halides is 1. The molecule has 50 heavy (non-hydrogen) atoms. The van der Waals surface area contributed by atoms with Gasteiger partial charge in [0.2, 0.25) is 0 Å². The first-order valence-electron chi connectivity index (χ1n) is 16.7. The van der Waals surface area contributed by atoms with Crippen LogP contribution >= 0.6 is 11.6 Å². The Bertz CT molecular complexity index is 1420. The van der Waals surface area contributed by atoms with Crippen LogP contribution in [0.3, 0.4) is 0 Å². The van der Waals surface area contributed by atoms with Crippen molar-refractivity contribution in [1.29, 1.82) is 0 Å². The zero-order valence-corrected chi connectivity index (χ0v) is 29.2. The number of hydrogen-bond acceptors (Lipinski definition) is 14. The number of rotatable bonds is 19. The standard InChI is InChI=1S/C33H45ClN2O14/c1-21-15-26-25-7-6-22-16-23(37)8-9-30(22,2)33(25,34)27(39)18-31(26,3)32(21,17-24(38)5-4-10-49-35(42)43)28(40)19-48-29(41)20-47-12-11-46-13-14-50-36(44)45/h8-9,16,21,25-27,39H,4-7,10-15,17-20H2,1-3H3/t21-,25?,26?,27-,30-,31-,32+,33-/m0/s1. The van der Waals surface area contributed by atoms with E-state index in [0.717, 1.165) is 5.57 Å². The summed E-state index contributed by atoms with van der Waals surface area (Å²) in [6.07, 6.45) is 5.18. The maximum Gasteiger partial charge on any atom is 0.332 e. The van der Waals surface area contributed by atoms with E-state index in [-0.39, 0.29) is 82.1 Å². The summed E-state index contributed by atoms with van der Waals surface area (Å²) in [4.78, 5) is 80.9. The number of hydrogen-bond donors (Lipinski definition) is 1. The van der Waals surface area contributed by atoms with Gasteiger partial charge in [-0.3, -0.25) is 14.4 Å². The molecule has 0 amide bonds. The van der Waals surface area contributed by atoms with Gasteiger partial charge in [0.15, 0.2) is 18.2 Å². The van der Waals surface area contributed by atoms with Crippen LogP contribution in [0.5, 0.6) is 0 Å². The van der Waals surface area contributed by atoms with E-state index >= 15 is 0 Å². The molecule has 2 unspecified atom stereocenters. The van der Waals surface area contributed by atoms with Gasteiger partial charge in [0.05, 0.1) is 37.4 Å². The molecule has 0 aromatic rings. The molecule has 1 N–H and O–H groups in total. The van der Waals surface area contributed by atoms with Crippen molar-refractivity contribution in [2.45, 2.75) is 76.7 Å². The molecule has 0 saturated heterocycles. The Morgan fingerprint density at radius 1 is 1.00 bits per heavy atom. The second-order valence-corrected chi connectivity index (χ2v) is 14.7. The van der Waals surface area contributed by atoms with Gasteiger partial charge in [-0.1, -0.05) is 32.4 Å². The molecule has 3 fully saturated rings. The fraction of sp³-hybridized carbons (Fsp3) is 0.758. The molecule has 16 nitrogen and oxygen atoms in total. The molecular weight excluding hydrogens is 684 g/mol. The minimum absolute atomic E-state index is 0.0243. The first-order chi connectivity index (χ1) is 23.5. The van der Waals surface area contributed by atoms with E-state index in [9.17, 15) is 44.5 Å². The Kier molecular flexibility index (Phi) is 12.4. The van der Waals surface area contributed by atoms with Crippen LogP contribution in [-0.4, -0.2) is 95.8 Å². The molecule has 4 aliphatic rings. The molecule has 0 aromatic carbocycles. The number of nitrogens with zero attached hydrogens (tertiary/aromatic N) is 2. The fourth-order valence-corrected chi connectivity index (χ4v) is 9.91. The van der Waals surface area contributed by atoms with Crippen molar-refractivity contribution in [3.8, 4) is 0 Å². The van der Waals surface area contributed by atoms with Crippen LogP contribution in [0.4, 0.5) is 0 Å². The zero-order chi connectivity index (χ0) is 36.9. The fourth-order valence-electron chi connectivity index (χ4n) is 9.39. The highest BCUT2D eigenvalue weighted by Crippen LogP contribution is 2.74. The number of ether oxygens (including phenoxy) is 3. The summed E-state index contributed by atoms with van der Waals surface area (Å²) >= 11 is 7.57. The molecule has 17 heteroatoms. The predicted molar refractivity (Wildman–Crippen MR) is 172 cm³/mol. The van der Waals surface area contributed by atoms with Crippen molar-refractivity contribution < 1.29 is 58.3 Å². The Labute approximate surface area is 294 Å². The Morgan fingerprint density at radius 2 is 1.66 bits per heavy atom. The number of fused-ring (bicyclic) bond motifs is 5. The molecule has 4 rings (SSSR count). The molecule has 278 valence electrons. The van der Waals surface area contributed by atoms with Crippen molar-refractivity contribution in [3.63, 3.8) is 0 Å². The normalized spacial score (nSPS) is 34.1. The summed E-state index contributed by atoms with van der Waals surface area (Å²) in [7, 11) is 0. The van der Waals surface area contributed by atoms with Gasteiger partial charge in [-0.2, -0.15) is 0 Å². The summed E-state index contributed by atoms with van der Waals surface area (Å²) in [6.45, 7) is 3.95. The third-order valence-electron chi connectivity index (χ3n) is 11.6. The Hall–Kier alpha value is -3.47. The molecule has 0 radical (unpaired) electrons. The Morgan fingerprint density at radius 3 is 2.36 bits per heavy atom. The van der Waals surface area contributed by atoms with Crippen LogP contribution < -0.4 is 0 Å². The number of ketones is 3. The number of carbonyl (C=O) groups excluding carboxylic acids is 4. The number of halogens is 1. The second-order valence-electron chi connectivity index (χ2n) is 14.1. The number of carbonyl (C=O) groups is 4. The second kappa shape index (κ2) is 15.8. The van der Waals surface area contributed by atoms with Crippen LogP contribution in [0.1, 0.15) is 65.7 Å². The van der Waals surface area contributed by atoms with Crippen molar-refractivity contribution >= 4 is 34.9 Å². The molecule has 3 saturated carbocycles. The first-order valence-corrected chi connectivity index (χ1v) is 17.1. The van der Waals surface area contributed by atoms with E-state index < -0.39 is 68.3 Å². The van der Waals surface area contributed by atoms with E-state index in [2.05, 4.69) is 9.68 Å². The minimum atomic E-state index is -1.37. The molecule has 0 spiro atoms. The van der Waals surface area contributed by atoms with Gasteiger partial charge in [-0.15, -0.1) is 31.8 Å². The summed E-state index contributed by atoms with van der Waals surface area (Å²) in [5, 5.41) is 30.9. The van der Waals surface area contributed by atoms with Crippen molar-refractivity contribution in [3.05, 3.63) is 44.0 Å². The number of aliphatic hydroxyl groups is 1. The molecule has 0 aromatic heterocycles. The smallest absolute Gasteiger partial charge is 0.332 e. The number of allylic oxidation sites excluding steroid dienone is 4. The van der Waals surface area contributed by atoms with Gasteiger partial charge >= 0.3 is 5.97 Å². The maximum absolute atomic E-state index is 14.5. The van der Waals surface area contributed by atoms with Gasteiger partial charge in [-0.25, -0.2) is 4.79 Å². The minimum Gasteiger partial charge on any atom is -0.456 e. The van der Waals surface area contributed by atoms with Crippen LogP contribution in [0, 0.1) is 54.2 Å². The molecule has 0 aliphatic heterocycles. The van der Waals surface area contributed by atoms with Gasteiger partial charge in [-0.05, 0) is 67.4 Å². The highest BCUT2D eigenvalue weighted by molar-refractivity contribution is 6.26. The zero-order valence-electron chi connectivity index (χ0n) is 28.5. The topological polar surface area (TPSA) is 221 Å². The number of Topliss-reactive ketones (excluding diaryl/α,β-unsaturated/α-hetero) is 2. The van der Waals surface area contributed by atoms with Crippen LogP contribution in [-0.2, 0) is 43.1 Å². The quantitative estimate of drug-likeness (QED) is 0.0664. The molecule has 8 atom stereocenters. The highest BCUT2D eigenvalue weighted by Gasteiger charge is 2.74. The Balaban J connectivity index is 1.52. The van der Waals surface area contributed by atoms with E-state index in [1.807, 2.05) is 20.8 Å². The van der Waals surface area contributed by atoms with E-state index in [1.165, 1.54) is 6.08 Å². The largest absolute Gasteiger partial charge is 0.456 e. The molecule has 4 aliphatic carbocycles. The lowest BCUT2D eigenvalue weighted by molar-refractivity contribution is -0.758. The van der Waals surface area contributed by atoms with Gasteiger partial charge < -0.3 is 29.0 Å².